The summed E-state index contributed by atoms with van der Waals surface area (Å²) in [5.41, 5.74) is 6.30. The number of carbonyl (C=O) groups excluding carboxylic acids is 7. The van der Waals surface area contributed by atoms with Gasteiger partial charge in [-0.1, -0.05) is 46.2 Å². The highest BCUT2D eigenvalue weighted by molar-refractivity contribution is 6.12. The Morgan fingerprint density at radius 2 is 1.50 bits per heavy atom. The van der Waals surface area contributed by atoms with Crippen LogP contribution >= 0.6 is 0 Å². The summed E-state index contributed by atoms with van der Waals surface area (Å²) in [6.45, 7) is 8.50. The van der Waals surface area contributed by atoms with Crippen LogP contribution in [0.25, 0.3) is 0 Å². The number of amides is 8. The van der Waals surface area contributed by atoms with Gasteiger partial charge >= 0.3 is 12.1 Å². The van der Waals surface area contributed by atoms with Gasteiger partial charge in [0.2, 0.25) is 17.7 Å². The number of urea groups is 1. The molecule has 1 heterocycles. The Morgan fingerprint density at radius 3 is 2.10 bits per heavy atom. The molecule has 0 aliphatic carbocycles. The number of rotatable bonds is 20. The molecule has 1 aliphatic rings. The number of imide groups is 1. The van der Waals surface area contributed by atoms with Crippen molar-refractivity contribution in [2.75, 3.05) is 25.0 Å². The van der Waals surface area contributed by atoms with E-state index in [1.807, 2.05) is 13.8 Å². The largest absolute Gasteiger partial charge is 0.445 e. The summed E-state index contributed by atoms with van der Waals surface area (Å²) in [5, 5.41) is 13.4. The molecule has 0 saturated carbocycles. The van der Waals surface area contributed by atoms with Crippen molar-refractivity contribution in [3.8, 4) is 0 Å². The zero-order valence-electron chi connectivity index (χ0n) is 28.1. The number of nitrogens with zero attached hydrogens (tertiary/aromatic N) is 1. The van der Waals surface area contributed by atoms with E-state index in [0.717, 1.165) is 4.90 Å². The second-order valence-corrected chi connectivity index (χ2v) is 12.3. The molecule has 8 amide bonds. The second-order valence-electron chi connectivity index (χ2n) is 12.3. The average molecular weight is 672 g/mol. The third-order valence-electron chi connectivity index (χ3n) is 7.30. The molecule has 264 valence electrons. The first kappa shape index (κ1) is 39.2. The summed E-state index contributed by atoms with van der Waals surface area (Å²) in [5.74, 6) is -2.08. The number of primary amides is 1. The van der Waals surface area contributed by atoms with E-state index in [-0.39, 0.29) is 62.1 Å². The second kappa shape index (κ2) is 20.3. The average Bonchev–Trinajstić information content (AvgIpc) is 3.35. The van der Waals surface area contributed by atoms with Gasteiger partial charge in [-0.15, -0.1) is 0 Å². The summed E-state index contributed by atoms with van der Waals surface area (Å²) in [4.78, 5) is 86.7. The Bertz CT molecular complexity index is 1300. The molecule has 15 heteroatoms. The molecule has 2 atom stereocenters. The number of unbranched alkanes of at least 4 members (excludes halogenated alkanes) is 2. The summed E-state index contributed by atoms with van der Waals surface area (Å²) in [6, 6.07) is 4.06. The molecule has 1 aromatic rings. The van der Waals surface area contributed by atoms with Gasteiger partial charge in [-0.3, -0.25) is 28.9 Å². The molecule has 48 heavy (non-hydrogen) atoms. The van der Waals surface area contributed by atoms with Crippen LogP contribution in [-0.4, -0.2) is 78.3 Å². The highest BCUT2D eigenvalue weighted by atomic mass is 16.5. The van der Waals surface area contributed by atoms with Gasteiger partial charge in [0.1, 0.15) is 18.7 Å². The van der Waals surface area contributed by atoms with Crippen molar-refractivity contribution in [1.82, 2.24) is 26.2 Å². The molecular formula is C33H49N7O8. The maximum atomic E-state index is 13.4. The first-order chi connectivity index (χ1) is 22.8. The third-order valence-corrected chi connectivity index (χ3v) is 7.30. The van der Waals surface area contributed by atoms with E-state index < -0.39 is 36.0 Å². The smallest absolute Gasteiger partial charge is 0.407 e. The zero-order valence-corrected chi connectivity index (χ0v) is 28.1. The molecule has 0 saturated heterocycles. The van der Waals surface area contributed by atoms with Crippen molar-refractivity contribution in [3.63, 3.8) is 0 Å². The van der Waals surface area contributed by atoms with Gasteiger partial charge in [-0.2, -0.15) is 0 Å². The predicted molar refractivity (Wildman–Crippen MR) is 178 cm³/mol. The molecule has 0 fully saturated rings. The number of benzene rings is 1. The lowest BCUT2D eigenvalue weighted by atomic mass is 10.0. The Balaban J connectivity index is 1.93. The van der Waals surface area contributed by atoms with Crippen LogP contribution in [0, 0.1) is 11.8 Å². The van der Waals surface area contributed by atoms with Crippen LogP contribution in [0.3, 0.4) is 0 Å². The minimum atomic E-state index is -0.997. The number of alkyl carbamates (subject to hydrolysis) is 1. The minimum Gasteiger partial charge on any atom is -0.445 e. The van der Waals surface area contributed by atoms with E-state index in [4.69, 9.17) is 10.5 Å². The van der Waals surface area contributed by atoms with Gasteiger partial charge < -0.3 is 37.1 Å². The number of nitrogens with one attached hydrogen (secondary N) is 5. The van der Waals surface area contributed by atoms with E-state index in [0.29, 0.717) is 43.5 Å². The molecule has 0 bridgehead atoms. The van der Waals surface area contributed by atoms with E-state index in [1.165, 1.54) is 12.2 Å². The highest BCUT2D eigenvalue weighted by Gasteiger charge is 2.29. The van der Waals surface area contributed by atoms with E-state index in [2.05, 4.69) is 26.6 Å². The number of hydrogen-bond donors (Lipinski definition) is 6. The van der Waals surface area contributed by atoms with Gasteiger partial charge in [0.05, 0.1) is 0 Å². The van der Waals surface area contributed by atoms with Crippen LogP contribution in [0.15, 0.2) is 36.4 Å². The maximum Gasteiger partial charge on any atom is 0.407 e. The number of hydrogen-bond acceptors (Lipinski definition) is 8. The van der Waals surface area contributed by atoms with Crippen LogP contribution in [0.5, 0.6) is 0 Å². The van der Waals surface area contributed by atoms with E-state index in [1.54, 1.807) is 38.1 Å². The lowest BCUT2D eigenvalue weighted by Gasteiger charge is -2.25. The first-order valence-corrected chi connectivity index (χ1v) is 16.2. The van der Waals surface area contributed by atoms with Crippen molar-refractivity contribution in [2.45, 2.75) is 84.9 Å². The van der Waals surface area contributed by atoms with Crippen LogP contribution in [0.2, 0.25) is 0 Å². The monoisotopic (exact) mass is 671 g/mol. The van der Waals surface area contributed by atoms with Crippen molar-refractivity contribution >= 4 is 47.3 Å². The van der Waals surface area contributed by atoms with Crippen LogP contribution < -0.4 is 32.3 Å². The van der Waals surface area contributed by atoms with Gasteiger partial charge in [0.15, 0.2) is 0 Å². The highest BCUT2D eigenvalue weighted by Crippen LogP contribution is 2.13. The van der Waals surface area contributed by atoms with Crippen molar-refractivity contribution in [3.05, 3.63) is 42.0 Å². The number of nitrogens with two attached hydrogens (primary N) is 1. The molecule has 1 aromatic carbocycles. The third kappa shape index (κ3) is 14.6. The molecule has 7 N–H and O–H groups in total. The first-order valence-electron chi connectivity index (χ1n) is 16.2. The van der Waals surface area contributed by atoms with Gasteiger partial charge in [0.25, 0.3) is 11.8 Å². The SMILES string of the molecule is CC(C)CNC(=O)OCc1ccc(NC(=O)[C@H](CCCNC(N)=O)NC(=O)[C@@H](NC(=O)CCCCCN2C(=O)C=CC2=O)C(C)C)cc1. The lowest BCUT2D eigenvalue weighted by Crippen LogP contribution is -2.54. The predicted octanol–water partition coefficient (Wildman–Crippen LogP) is 2.07. The van der Waals surface area contributed by atoms with Gasteiger partial charge in [0, 0.05) is 43.9 Å². The van der Waals surface area contributed by atoms with Crippen molar-refractivity contribution in [1.29, 1.82) is 0 Å². The van der Waals surface area contributed by atoms with Crippen LogP contribution in [0.1, 0.15) is 71.8 Å². The summed E-state index contributed by atoms with van der Waals surface area (Å²) in [6.07, 6.45) is 4.23. The molecule has 0 aromatic heterocycles. The normalized spacial score (nSPS) is 13.7. The molecular weight excluding hydrogens is 622 g/mol. The van der Waals surface area contributed by atoms with Gasteiger partial charge in [-0.25, -0.2) is 9.59 Å². The van der Waals surface area contributed by atoms with E-state index in [9.17, 15) is 33.6 Å². The Hall–Kier alpha value is -4.95. The Kier molecular flexibility index (Phi) is 16.6. The topological polar surface area (TPSA) is 218 Å². The van der Waals surface area contributed by atoms with E-state index >= 15 is 0 Å². The quantitative estimate of drug-likeness (QED) is 0.0888. The Morgan fingerprint density at radius 1 is 0.833 bits per heavy atom. The number of ether oxygens (including phenoxy) is 1. The summed E-state index contributed by atoms with van der Waals surface area (Å²) >= 11 is 0. The van der Waals surface area contributed by atoms with Crippen molar-refractivity contribution < 1.29 is 38.3 Å². The fraction of sp³-hybridized carbons (Fsp3) is 0.545. The fourth-order valence-corrected chi connectivity index (χ4v) is 4.61. The lowest BCUT2D eigenvalue weighted by molar-refractivity contribution is -0.137. The summed E-state index contributed by atoms with van der Waals surface area (Å²) < 4.78 is 5.20. The fourth-order valence-electron chi connectivity index (χ4n) is 4.61. The summed E-state index contributed by atoms with van der Waals surface area (Å²) in [7, 11) is 0. The molecule has 0 spiro atoms. The molecule has 15 nitrogen and oxygen atoms in total. The standard InChI is InChI=1S/C33H49N7O8/c1-21(2)19-36-33(47)48-20-23-11-13-24(14-12-23)37-30(44)25(9-8-17-35-32(34)46)38-31(45)29(22(3)4)39-26(41)10-6-5-7-18-40-27(42)15-16-28(40)43/h11-16,21-22,25,29H,5-10,17-20H2,1-4H3,(H,36,47)(H,37,44)(H,38,45)(H,39,41)(H3,34,35,46)/t25-,29-/m0/s1. The van der Waals surface area contributed by atoms with Crippen LogP contribution in [-0.2, 0) is 35.3 Å². The van der Waals surface area contributed by atoms with Crippen LogP contribution in [0.4, 0.5) is 15.3 Å². The van der Waals surface area contributed by atoms with Crippen molar-refractivity contribution in [2.24, 2.45) is 17.6 Å². The number of carbonyl (C=O) groups is 7. The molecule has 2 rings (SSSR count). The molecule has 0 unspecified atom stereocenters. The van der Waals surface area contributed by atoms with Gasteiger partial charge in [-0.05, 0) is 55.2 Å². The Labute approximate surface area is 281 Å². The maximum absolute atomic E-state index is 13.4. The molecule has 1 aliphatic heterocycles. The zero-order chi connectivity index (χ0) is 35.6. The number of anilines is 1. The minimum absolute atomic E-state index is 0.0460. The molecule has 0 radical (unpaired) electrons.